The summed E-state index contributed by atoms with van der Waals surface area (Å²) in [4.78, 5) is 32.6. The van der Waals surface area contributed by atoms with Crippen molar-refractivity contribution in [1.82, 2.24) is 35.3 Å². The molecular weight excluding hydrogens is 526 g/mol. The van der Waals surface area contributed by atoms with Gasteiger partial charge in [-0.2, -0.15) is 4.80 Å². The third-order valence-electron chi connectivity index (χ3n) is 7.53. The van der Waals surface area contributed by atoms with Gasteiger partial charge in [0.1, 0.15) is 12.3 Å². The van der Waals surface area contributed by atoms with E-state index in [9.17, 15) is 9.59 Å². The molecule has 222 valence electrons. The number of ether oxygens (including phenoxy) is 2. The number of carbonyl (C=O) groups excluding carboxylic acids is 2. The van der Waals surface area contributed by atoms with Gasteiger partial charge >= 0.3 is 0 Å². The van der Waals surface area contributed by atoms with E-state index in [2.05, 4.69) is 39.5 Å². The molecule has 3 aromatic rings. The fourth-order valence-corrected chi connectivity index (χ4v) is 5.24. The molecule has 0 spiro atoms. The molecule has 1 aromatic carbocycles. The number of amides is 2. The normalized spacial score (nSPS) is 14.3. The van der Waals surface area contributed by atoms with Crippen LogP contribution in [0.1, 0.15) is 57.8 Å². The number of hydrogen-bond acceptors (Lipinski definition) is 9. The van der Waals surface area contributed by atoms with Crippen LogP contribution in [0.25, 0.3) is 11.4 Å². The number of methoxy groups -OCH3 is 2. The van der Waals surface area contributed by atoms with Crippen LogP contribution in [0, 0.1) is 0 Å². The van der Waals surface area contributed by atoms with Crippen LogP contribution in [0.3, 0.4) is 0 Å². The Kier molecular flexibility index (Phi) is 10.7. The number of furan rings is 1. The molecule has 12 nitrogen and oxygen atoms in total. The molecule has 12 heteroatoms. The van der Waals surface area contributed by atoms with Crippen molar-refractivity contribution in [3.8, 4) is 22.9 Å². The summed E-state index contributed by atoms with van der Waals surface area (Å²) < 4.78 is 16.4. The van der Waals surface area contributed by atoms with Gasteiger partial charge in [-0.25, -0.2) is 0 Å². The summed E-state index contributed by atoms with van der Waals surface area (Å²) in [7, 11) is 3.12. The fourth-order valence-electron chi connectivity index (χ4n) is 5.24. The first-order valence-corrected chi connectivity index (χ1v) is 14.3. The number of tetrazole rings is 1. The summed E-state index contributed by atoms with van der Waals surface area (Å²) in [6.07, 6.45) is 6.27. The van der Waals surface area contributed by atoms with Gasteiger partial charge in [0.25, 0.3) is 5.91 Å². The highest BCUT2D eigenvalue weighted by atomic mass is 16.5. The summed E-state index contributed by atoms with van der Waals surface area (Å²) in [5.41, 5.74) is 0.668. The second kappa shape index (κ2) is 14.6. The van der Waals surface area contributed by atoms with Gasteiger partial charge in [-0.1, -0.05) is 26.7 Å². The number of carbonyl (C=O) groups is 2. The van der Waals surface area contributed by atoms with E-state index >= 15 is 0 Å². The molecule has 0 radical (unpaired) electrons. The molecule has 0 bridgehead atoms. The van der Waals surface area contributed by atoms with Gasteiger partial charge in [0, 0.05) is 18.2 Å². The Bertz CT molecular complexity index is 1250. The Morgan fingerprint density at radius 3 is 2.51 bits per heavy atom. The van der Waals surface area contributed by atoms with E-state index in [0.29, 0.717) is 41.6 Å². The van der Waals surface area contributed by atoms with Crippen LogP contribution in [0.4, 0.5) is 0 Å². The van der Waals surface area contributed by atoms with Crippen LogP contribution in [-0.2, 0) is 16.1 Å². The quantitative estimate of drug-likeness (QED) is 0.294. The third-order valence-corrected chi connectivity index (χ3v) is 7.53. The number of aromatic nitrogens is 4. The Balaban J connectivity index is 1.56. The Morgan fingerprint density at radius 1 is 1.10 bits per heavy atom. The summed E-state index contributed by atoms with van der Waals surface area (Å²) >= 11 is 0. The molecule has 0 aliphatic heterocycles. The summed E-state index contributed by atoms with van der Waals surface area (Å²) in [5, 5.41) is 15.9. The van der Waals surface area contributed by atoms with Crippen molar-refractivity contribution >= 4 is 11.8 Å². The lowest BCUT2D eigenvalue weighted by molar-refractivity contribution is -0.142. The van der Waals surface area contributed by atoms with E-state index in [1.807, 2.05) is 0 Å². The molecule has 1 aliphatic carbocycles. The number of rotatable bonds is 15. The van der Waals surface area contributed by atoms with Crippen molar-refractivity contribution < 1.29 is 23.5 Å². The minimum Gasteiger partial charge on any atom is -0.493 e. The lowest BCUT2D eigenvalue weighted by Gasteiger charge is -2.31. The molecule has 1 aliphatic rings. The average Bonchev–Trinajstić information content (AvgIpc) is 3.78. The molecule has 2 amide bonds. The van der Waals surface area contributed by atoms with Gasteiger partial charge < -0.3 is 29.0 Å². The second-order valence-corrected chi connectivity index (χ2v) is 10.1. The second-order valence-electron chi connectivity index (χ2n) is 10.1. The van der Waals surface area contributed by atoms with Crippen molar-refractivity contribution in [2.45, 2.75) is 64.6 Å². The molecule has 1 saturated carbocycles. The summed E-state index contributed by atoms with van der Waals surface area (Å²) in [6.45, 7) is 7.04. The minimum atomic E-state index is -0.899. The maximum Gasteiger partial charge on any atom is 0.250 e. The topological polar surface area (TPSA) is 128 Å². The fraction of sp³-hybridized carbons (Fsp3) is 0.552. The third kappa shape index (κ3) is 7.63. The van der Waals surface area contributed by atoms with Gasteiger partial charge in [0.05, 0.1) is 20.5 Å². The number of nitrogens with zero attached hydrogens (tertiary/aromatic N) is 6. The summed E-state index contributed by atoms with van der Waals surface area (Å²) in [6, 6.07) is 7.99. The van der Waals surface area contributed by atoms with E-state index in [0.717, 1.165) is 45.3 Å². The smallest absolute Gasteiger partial charge is 0.250 e. The highest BCUT2D eigenvalue weighted by Crippen LogP contribution is 2.31. The lowest BCUT2D eigenvalue weighted by atomic mass is 10.1. The Labute approximate surface area is 241 Å². The van der Waals surface area contributed by atoms with Crippen molar-refractivity contribution in [2.24, 2.45) is 0 Å². The number of nitrogens with one attached hydrogen (secondary N) is 1. The highest BCUT2D eigenvalue weighted by Gasteiger charge is 2.35. The predicted molar refractivity (Wildman–Crippen MR) is 152 cm³/mol. The van der Waals surface area contributed by atoms with E-state index in [4.69, 9.17) is 13.9 Å². The molecule has 4 rings (SSSR count). The largest absolute Gasteiger partial charge is 0.493 e. The van der Waals surface area contributed by atoms with Gasteiger partial charge in [-0.15, -0.1) is 10.2 Å². The first kappa shape index (κ1) is 30.0. The zero-order valence-corrected chi connectivity index (χ0v) is 24.4. The maximum absolute atomic E-state index is 13.9. The average molecular weight is 568 g/mol. The first-order chi connectivity index (χ1) is 20.0. The zero-order chi connectivity index (χ0) is 29.2. The molecular formula is C29H41N7O5. The van der Waals surface area contributed by atoms with Gasteiger partial charge in [-0.3, -0.25) is 9.59 Å². The summed E-state index contributed by atoms with van der Waals surface area (Å²) in [5.74, 6) is 1.34. The Hall–Kier alpha value is -3.93. The number of hydrogen-bond donors (Lipinski definition) is 1. The van der Waals surface area contributed by atoms with Crippen LogP contribution in [0.15, 0.2) is 41.0 Å². The number of benzene rings is 1. The first-order valence-electron chi connectivity index (χ1n) is 14.3. The van der Waals surface area contributed by atoms with Crippen LogP contribution >= 0.6 is 0 Å². The van der Waals surface area contributed by atoms with E-state index in [-0.39, 0.29) is 24.4 Å². The SMILES string of the molecule is CCN(CC)CCCN(C(=O)Cn1nnc(-c2ccc(OC)c(OC)c2)n1)[C@@H](C(=O)NC1CCCC1)c1ccco1. The van der Waals surface area contributed by atoms with E-state index in [1.165, 1.54) is 11.1 Å². The molecule has 1 N–H and O–H groups in total. The van der Waals surface area contributed by atoms with Crippen LogP contribution in [0.5, 0.6) is 11.5 Å². The van der Waals surface area contributed by atoms with Crippen LogP contribution < -0.4 is 14.8 Å². The Morgan fingerprint density at radius 2 is 1.85 bits per heavy atom. The molecule has 0 saturated heterocycles. The van der Waals surface area contributed by atoms with Gasteiger partial charge in [-0.05, 0) is 74.4 Å². The molecule has 0 unspecified atom stereocenters. The van der Waals surface area contributed by atoms with E-state index < -0.39 is 6.04 Å². The zero-order valence-electron chi connectivity index (χ0n) is 24.4. The molecule has 2 aromatic heterocycles. The van der Waals surface area contributed by atoms with Crippen molar-refractivity contribution in [2.75, 3.05) is 40.4 Å². The predicted octanol–water partition coefficient (Wildman–Crippen LogP) is 3.31. The van der Waals surface area contributed by atoms with Crippen LogP contribution in [-0.4, -0.2) is 88.3 Å². The van der Waals surface area contributed by atoms with Gasteiger partial charge in [0.15, 0.2) is 17.5 Å². The van der Waals surface area contributed by atoms with Crippen molar-refractivity contribution in [1.29, 1.82) is 0 Å². The minimum absolute atomic E-state index is 0.105. The molecule has 41 heavy (non-hydrogen) atoms. The van der Waals surface area contributed by atoms with E-state index in [1.54, 1.807) is 49.5 Å². The molecule has 1 atom stereocenters. The molecule has 2 heterocycles. The van der Waals surface area contributed by atoms with Crippen molar-refractivity contribution in [3.63, 3.8) is 0 Å². The highest BCUT2D eigenvalue weighted by molar-refractivity contribution is 5.88. The van der Waals surface area contributed by atoms with Crippen molar-refractivity contribution in [3.05, 3.63) is 42.4 Å². The standard InChI is InChI=1S/C29H41N7O5/c1-5-34(6-2)16-10-17-35(27(24-13-9-18-41-24)29(38)30-22-11-7-8-12-22)26(37)20-36-32-28(31-33-36)21-14-15-23(39-3)25(19-21)40-4/h9,13-15,18-19,22,27H,5-8,10-12,16-17,20H2,1-4H3,(H,30,38)/t27-/m1/s1. The maximum atomic E-state index is 13.9. The monoisotopic (exact) mass is 567 g/mol. The molecule has 1 fully saturated rings. The van der Waals surface area contributed by atoms with Gasteiger partial charge in [0.2, 0.25) is 11.7 Å². The van der Waals surface area contributed by atoms with Crippen LogP contribution in [0.2, 0.25) is 0 Å². The lowest BCUT2D eigenvalue weighted by Crippen LogP contribution is -2.47.